The summed E-state index contributed by atoms with van der Waals surface area (Å²) >= 11 is 0. The number of benzene rings is 1. The zero-order valence-corrected chi connectivity index (χ0v) is 16.7. The summed E-state index contributed by atoms with van der Waals surface area (Å²) in [6.45, 7) is 3.92. The highest BCUT2D eigenvalue weighted by atomic mass is 16.5. The summed E-state index contributed by atoms with van der Waals surface area (Å²) < 4.78 is 7.58. The van der Waals surface area contributed by atoms with E-state index in [-0.39, 0.29) is 5.91 Å². The van der Waals surface area contributed by atoms with Crippen molar-refractivity contribution in [3.8, 4) is 11.6 Å². The molecule has 3 aromatic rings. The molecule has 0 aliphatic heterocycles. The third kappa shape index (κ3) is 6.34. The molecule has 0 aliphatic rings. The number of hydrogen-bond donors (Lipinski definition) is 2. The molecule has 7 nitrogen and oxygen atoms in total. The van der Waals surface area contributed by atoms with Gasteiger partial charge in [-0.1, -0.05) is 19.8 Å². The van der Waals surface area contributed by atoms with Crippen LogP contribution in [0.5, 0.6) is 5.75 Å². The highest BCUT2D eigenvalue weighted by Gasteiger charge is 2.05. The van der Waals surface area contributed by atoms with Crippen molar-refractivity contribution in [3.05, 3.63) is 66.7 Å². The first-order chi connectivity index (χ1) is 14.3. The van der Waals surface area contributed by atoms with Gasteiger partial charge in [0, 0.05) is 37.1 Å². The molecule has 0 spiro atoms. The summed E-state index contributed by atoms with van der Waals surface area (Å²) in [6.07, 6.45) is 8.74. The molecule has 0 radical (unpaired) electrons. The average molecular weight is 393 g/mol. The number of carbonyl (C=O) groups is 1. The zero-order chi connectivity index (χ0) is 20.3. The summed E-state index contributed by atoms with van der Waals surface area (Å²) in [7, 11) is 0. The molecule has 29 heavy (non-hydrogen) atoms. The monoisotopic (exact) mass is 393 g/mol. The molecule has 0 bridgehead atoms. The van der Waals surface area contributed by atoms with Crippen molar-refractivity contribution < 1.29 is 9.53 Å². The van der Waals surface area contributed by atoms with Gasteiger partial charge in [0.1, 0.15) is 23.7 Å². The van der Waals surface area contributed by atoms with E-state index in [2.05, 4.69) is 27.5 Å². The van der Waals surface area contributed by atoms with Crippen LogP contribution in [0.25, 0.3) is 5.82 Å². The maximum atomic E-state index is 12.3. The quantitative estimate of drug-likeness (QED) is 0.486. The minimum atomic E-state index is -0.111. The Morgan fingerprint density at radius 3 is 2.62 bits per heavy atom. The van der Waals surface area contributed by atoms with Gasteiger partial charge in [0.2, 0.25) is 0 Å². The molecule has 2 N–H and O–H groups in total. The van der Waals surface area contributed by atoms with Crippen LogP contribution < -0.4 is 15.4 Å². The molecule has 7 heteroatoms. The maximum Gasteiger partial charge on any atom is 0.251 e. The van der Waals surface area contributed by atoms with E-state index < -0.39 is 0 Å². The highest BCUT2D eigenvalue weighted by molar-refractivity contribution is 5.94. The van der Waals surface area contributed by atoms with Gasteiger partial charge in [-0.15, -0.1) is 0 Å². The number of nitrogens with one attached hydrogen (secondary N) is 2. The molecule has 2 aromatic heterocycles. The van der Waals surface area contributed by atoms with Gasteiger partial charge in [0.25, 0.3) is 5.91 Å². The van der Waals surface area contributed by atoms with E-state index in [9.17, 15) is 4.79 Å². The van der Waals surface area contributed by atoms with Crippen molar-refractivity contribution in [3.63, 3.8) is 0 Å². The van der Waals surface area contributed by atoms with Gasteiger partial charge >= 0.3 is 0 Å². The van der Waals surface area contributed by atoms with Crippen LogP contribution in [0.3, 0.4) is 0 Å². The lowest BCUT2D eigenvalue weighted by Gasteiger charge is -2.09. The van der Waals surface area contributed by atoms with Gasteiger partial charge in [-0.25, -0.2) is 9.97 Å². The lowest BCUT2D eigenvalue weighted by molar-refractivity contribution is 0.0955. The number of rotatable bonds is 11. The van der Waals surface area contributed by atoms with Gasteiger partial charge in [-0.2, -0.15) is 0 Å². The Morgan fingerprint density at radius 2 is 1.86 bits per heavy atom. The Kier molecular flexibility index (Phi) is 7.63. The normalized spacial score (nSPS) is 10.5. The second-order valence-electron chi connectivity index (χ2n) is 6.61. The molecule has 0 fully saturated rings. The first kappa shape index (κ1) is 20.4. The van der Waals surface area contributed by atoms with Crippen LogP contribution >= 0.6 is 0 Å². The van der Waals surface area contributed by atoms with Crippen molar-refractivity contribution in [2.45, 2.75) is 26.2 Å². The van der Waals surface area contributed by atoms with Gasteiger partial charge in [0.15, 0.2) is 0 Å². The molecule has 1 aromatic carbocycles. The smallest absolute Gasteiger partial charge is 0.251 e. The molecule has 0 atom stereocenters. The lowest BCUT2D eigenvalue weighted by atomic mass is 10.2. The van der Waals surface area contributed by atoms with E-state index in [0.29, 0.717) is 31.1 Å². The SMILES string of the molecule is CCCCCOc1ccc(C(=O)NCCNc2cc(-n3cccc3)ncn2)cc1. The van der Waals surface area contributed by atoms with Gasteiger partial charge in [-0.3, -0.25) is 4.79 Å². The molecule has 3 rings (SSSR count). The largest absolute Gasteiger partial charge is 0.494 e. The fourth-order valence-electron chi connectivity index (χ4n) is 2.79. The van der Waals surface area contributed by atoms with Crippen molar-refractivity contribution >= 4 is 11.7 Å². The number of aromatic nitrogens is 3. The predicted octanol–water partition coefficient (Wildman–Crippen LogP) is 3.68. The van der Waals surface area contributed by atoms with Crippen molar-refractivity contribution in [2.75, 3.05) is 25.0 Å². The number of carbonyl (C=O) groups excluding carboxylic acids is 1. The van der Waals surface area contributed by atoms with Crippen LogP contribution in [0, 0.1) is 0 Å². The average Bonchev–Trinajstić information content (AvgIpc) is 3.30. The number of anilines is 1. The molecule has 2 heterocycles. The van der Waals surface area contributed by atoms with Crippen molar-refractivity contribution in [2.24, 2.45) is 0 Å². The molecule has 152 valence electrons. The summed E-state index contributed by atoms with van der Waals surface area (Å²) in [5.41, 5.74) is 0.614. The highest BCUT2D eigenvalue weighted by Crippen LogP contribution is 2.13. The fraction of sp³-hybridized carbons (Fsp3) is 0.318. The molecule has 1 amide bonds. The Hall–Kier alpha value is -3.35. The topological polar surface area (TPSA) is 81.1 Å². The molecule has 0 saturated carbocycles. The van der Waals surface area contributed by atoms with E-state index in [0.717, 1.165) is 24.4 Å². The van der Waals surface area contributed by atoms with E-state index in [1.807, 2.05) is 47.3 Å². The molecular formula is C22H27N5O2. The van der Waals surface area contributed by atoms with Crippen molar-refractivity contribution in [1.82, 2.24) is 19.9 Å². The number of amides is 1. The van der Waals surface area contributed by atoms with Crippen LogP contribution in [0.2, 0.25) is 0 Å². The Bertz CT molecular complexity index is 878. The number of unbranched alkanes of at least 4 members (excludes halogenated alkanes) is 2. The lowest BCUT2D eigenvalue weighted by Crippen LogP contribution is -2.28. The Labute approximate surface area is 171 Å². The van der Waals surface area contributed by atoms with Gasteiger partial charge in [0.05, 0.1) is 6.61 Å². The molecule has 0 unspecified atom stereocenters. The predicted molar refractivity (Wildman–Crippen MR) is 114 cm³/mol. The standard InChI is InChI=1S/C22H27N5O2/c1-2-3-6-15-29-19-9-7-18(8-10-19)22(28)24-12-11-23-20-16-21(26-17-25-20)27-13-4-5-14-27/h4-5,7-10,13-14,16-17H,2-3,6,11-12,15H2,1H3,(H,24,28)(H,23,25,26). The minimum absolute atomic E-state index is 0.111. The van der Waals surface area contributed by atoms with Gasteiger partial charge in [-0.05, 0) is 42.8 Å². The maximum absolute atomic E-state index is 12.3. The fourth-order valence-corrected chi connectivity index (χ4v) is 2.79. The minimum Gasteiger partial charge on any atom is -0.494 e. The van der Waals surface area contributed by atoms with Crippen molar-refractivity contribution in [1.29, 1.82) is 0 Å². The molecule has 0 aliphatic carbocycles. The van der Waals surface area contributed by atoms with Crippen LogP contribution in [0.4, 0.5) is 5.82 Å². The molecular weight excluding hydrogens is 366 g/mol. The van der Waals surface area contributed by atoms with Crippen LogP contribution in [0.1, 0.15) is 36.5 Å². The second kappa shape index (κ2) is 10.8. The van der Waals surface area contributed by atoms with E-state index in [1.165, 1.54) is 12.7 Å². The van der Waals surface area contributed by atoms with E-state index in [1.54, 1.807) is 12.1 Å². The summed E-state index contributed by atoms with van der Waals surface area (Å²) in [5, 5.41) is 6.10. The first-order valence-electron chi connectivity index (χ1n) is 9.96. The third-order valence-corrected chi connectivity index (χ3v) is 4.37. The summed E-state index contributed by atoms with van der Waals surface area (Å²) in [5.74, 6) is 2.18. The second-order valence-corrected chi connectivity index (χ2v) is 6.61. The van der Waals surface area contributed by atoms with Crippen LogP contribution in [-0.4, -0.2) is 40.1 Å². The number of ether oxygens (including phenoxy) is 1. The number of hydrogen-bond acceptors (Lipinski definition) is 5. The first-order valence-corrected chi connectivity index (χ1v) is 9.96. The molecule has 0 saturated heterocycles. The van der Waals surface area contributed by atoms with Gasteiger partial charge < -0.3 is 19.9 Å². The number of nitrogens with zero attached hydrogens (tertiary/aromatic N) is 3. The third-order valence-electron chi connectivity index (χ3n) is 4.37. The van der Waals surface area contributed by atoms with E-state index >= 15 is 0 Å². The summed E-state index contributed by atoms with van der Waals surface area (Å²) in [6, 6.07) is 13.0. The summed E-state index contributed by atoms with van der Waals surface area (Å²) in [4.78, 5) is 20.7. The van der Waals surface area contributed by atoms with Crippen LogP contribution in [-0.2, 0) is 0 Å². The zero-order valence-electron chi connectivity index (χ0n) is 16.7. The van der Waals surface area contributed by atoms with Crippen LogP contribution in [0.15, 0.2) is 61.2 Å². The van der Waals surface area contributed by atoms with E-state index in [4.69, 9.17) is 4.74 Å². The Balaban J connectivity index is 1.40. The Morgan fingerprint density at radius 1 is 1.07 bits per heavy atom.